The van der Waals surface area contributed by atoms with Crippen molar-refractivity contribution in [3.63, 3.8) is 0 Å². The van der Waals surface area contributed by atoms with E-state index in [9.17, 15) is 0 Å². The van der Waals surface area contributed by atoms with Crippen LogP contribution in [0.3, 0.4) is 0 Å². The van der Waals surface area contributed by atoms with Crippen LogP contribution >= 0.6 is 0 Å². The van der Waals surface area contributed by atoms with Crippen molar-refractivity contribution in [3.05, 3.63) is 48.0 Å². The first-order valence-electron chi connectivity index (χ1n) is 7.82. The van der Waals surface area contributed by atoms with Gasteiger partial charge in [-0.25, -0.2) is 0 Å². The van der Waals surface area contributed by atoms with Gasteiger partial charge in [0.1, 0.15) is 0 Å². The molecule has 4 rings (SSSR count). The van der Waals surface area contributed by atoms with Gasteiger partial charge in [0.15, 0.2) is 5.96 Å². The molecule has 3 heteroatoms. The fourth-order valence-corrected chi connectivity index (χ4v) is 2.93. The van der Waals surface area contributed by atoms with Gasteiger partial charge < -0.3 is 10.6 Å². The minimum Gasteiger partial charge on any atom is -0.354 e. The summed E-state index contributed by atoms with van der Waals surface area (Å²) < 4.78 is 0. The molecule has 0 aliphatic heterocycles. The number of rotatable bonds is 3. The Kier molecular flexibility index (Phi) is 3.06. The summed E-state index contributed by atoms with van der Waals surface area (Å²) in [5.74, 6) is 1.58. The first-order chi connectivity index (χ1) is 10.3. The zero-order valence-corrected chi connectivity index (χ0v) is 12.3. The molecule has 0 spiro atoms. The predicted octanol–water partition coefficient (Wildman–Crippen LogP) is 3.02. The molecule has 2 aromatic rings. The lowest BCUT2D eigenvalue weighted by Gasteiger charge is -2.11. The van der Waals surface area contributed by atoms with Gasteiger partial charge in [-0.05, 0) is 35.6 Å². The lowest BCUT2D eigenvalue weighted by molar-refractivity contribution is 0.787. The second kappa shape index (κ2) is 5.06. The van der Waals surface area contributed by atoms with Crippen molar-refractivity contribution in [2.24, 2.45) is 4.99 Å². The Morgan fingerprint density at radius 3 is 2.62 bits per heavy atom. The van der Waals surface area contributed by atoms with Crippen LogP contribution < -0.4 is 10.6 Å². The highest BCUT2D eigenvalue weighted by Gasteiger charge is 2.39. The number of fused-ring (bicyclic) bond motifs is 1. The summed E-state index contributed by atoms with van der Waals surface area (Å²) in [5, 5.41) is 9.65. The summed E-state index contributed by atoms with van der Waals surface area (Å²) in [5.41, 5.74) is 1.44. The number of hydrogen-bond donors (Lipinski definition) is 2. The molecule has 21 heavy (non-hydrogen) atoms. The van der Waals surface area contributed by atoms with Crippen molar-refractivity contribution in [3.8, 4) is 0 Å². The van der Waals surface area contributed by atoms with Gasteiger partial charge in [-0.2, -0.15) is 0 Å². The van der Waals surface area contributed by atoms with Gasteiger partial charge in [-0.15, -0.1) is 0 Å². The van der Waals surface area contributed by atoms with E-state index in [4.69, 9.17) is 0 Å². The van der Waals surface area contributed by atoms with Gasteiger partial charge in [-0.3, -0.25) is 4.99 Å². The standard InChI is InChI=1S/C18H21N3/c1-19-18(20-15-8-9-15)21-17-11-16(17)14-7-6-12-4-2-3-5-13(12)10-14/h2-7,10,15-17H,8-9,11H2,1H3,(H2,19,20,21)/t16-,17+/m0/s1. The quantitative estimate of drug-likeness (QED) is 0.669. The molecule has 2 saturated carbocycles. The van der Waals surface area contributed by atoms with Gasteiger partial charge >= 0.3 is 0 Å². The summed E-state index contributed by atoms with van der Waals surface area (Å²) in [6, 6.07) is 16.6. The molecular weight excluding hydrogens is 258 g/mol. The third-order valence-corrected chi connectivity index (χ3v) is 4.46. The monoisotopic (exact) mass is 279 g/mol. The predicted molar refractivity (Wildman–Crippen MR) is 87.7 cm³/mol. The molecule has 0 heterocycles. The van der Waals surface area contributed by atoms with E-state index in [-0.39, 0.29) is 0 Å². The van der Waals surface area contributed by atoms with Gasteiger partial charge in [0.05, 0.1) is 0 Å². The minimum absolute atomic E-state index is 0.524. The highest BCUT2D eigenvalue weighted by molar-refractivity contribution is 5.84. The van der Waals surface area contributed by atoms with Gasteiger partial charge in [0.25, 0.3) is 0 Å². The van der Waals surface area contributed by atoms with Crippen LogP contribution in [0.2, 0.25) is 0 Å². The van der Waals surface area contributed by atoms with Crippen molar-refractivity contribution >= 4 is 16.7 Å². The Morgan fingerprint density at radius 1 is 1.05 bits per heavy atom. The average molecular weight is 279 g/mol. The van der Waals surface area contributed by atoms with E-state index in [0.29, 0.717) is 18.0 Å². The molecule has 0 aromatic heterocycles. The second-order valence-corrected chi connectivity index (χ2v) is 6.19. The van der Waals surface area contributed by atoms with Crippen LogP contribution in [0.1, 0.15) is 30.7 Å². The van der Waals surface area contributed by atoms with Crippen LogP contribution in [0.25, 0.3) is 10.8 Å². The average Bonchev–Trinajstić information content (AvgIpc) is 3.42. The van der Waals surface area contributed by atoms with Crippen molar-refractivity contribution in [2.45, 2.75) is 37.3 Å². The molecule has 0 radical (unpaired) electrons. The van der Waals surface area contributed by atoms with Crippen LogP contribution in [0.15, 0.2) is 47.5 Å². The largest absolute Gasteiger partial charge is 0.354 e. The molecule has 2 aliphatic rings. The zero-order chi connectivity index (χ0) is 14.2. The second-order valence-electron chi connectivity index (χ2n) is 6.19. The van der Waals surface area contributed by atoms with E-state index in [1.165, 1.54) is 35.6 Å². The fraction of sp³-hybridized carbons (Fsp3) is 0.389. The maximum absolute atomic E-state index is 4.32. The number of benzene rings is 2. The molecule has 0 bridgehead atoms. The molecule has 0 unspecified atom stereocenters. The smallest absolute Gasteiger partial charge is 0.191 e. The molecular formula is C18H21N3. The molecule has 3 nitrogen and oxygen atoms in total. The van der Waals surface area contributed by atoms with E-state index >= 15 is 0 Å². The zero-order valence-electron chi connectivity index (χ0n) is 12.3. The van der Waals surface area contributed by atoms with Crippen LogP contribution in [0, 0.1) is 0 Å². The molecule has 108 valence electrons. The number of hydrogen-bond acceptors (Lipinski definition) is 1. The number of guanidine groups is 1. The lowest BCUT2D eigenvalue weighted by Crippen LogP contribution is -2.40. The van der Waals surface area contributed by atoms with Crippen molar-refractivity contribution < 1.29 is 0 Å². The van der Waals surface area contributed by atoms with E-state index in [0.717, 1.165) is 5.96 Å². The number of nitrogens with zero attached hydrogens (tertiary/aromatic N) is 1. The number of nitrogens with one attached hydrogen (secondary N) is 2. The maximum Gasteiger partial charge on any atom is 0.191 e. The van der Waals surface area contributed by atoms with Gasteiger partial charge in [-0.1, -0.05) is 42.5 Å². The molecule has 2 N–H and O–H groups in total. The van der Waals surface area contributed by atoms with E-state index in [2.05, 4.69) is 58.1 Å². The van der Waals surface area contributed by atoms with Gasteiger partial charge in [0.2, 0.25) is 0 Å². The van der Waals surface area contributed by atoms with Crippen LogP contribution in [-0.4, -0.2) is 25.1 Å². The Labute approximate surface area is 125 Å². The highest BCUT2D eigenvalue weighted by atomic mass is 15.2. The van der Waals surface area contributed by atoms with Crippen LogP contribution in [-0.2, 0) is 0 Å². The van der Waals surface area contributed by atoms with E-state index < -0.39 is 0 Å². The van der Waals surface area contributed by atoms with Crippen molar-refractivity contribution in [1.29, 1.82) is 0 Å². The fourth-order valence-electron chi connectivity index (χ4n) is 2.93. The highest BCUT2D eigenvalue weighted by Crippen LogP contribution is 2.41. The first kappa shape index (κ1) is 12.7. The third kappa shape index (κ3) is 2.73. The summed E-state index contributed by atoms with van der Waals surface area (Å²) in [6.45, 7) is 0. The molecule has 0 amide bonds. The molecule has 2 fully saturated rings. The van der Waals surface area contributed by atoms with Crippen LogP contribution in [0.4, 0.5) is 0 Å². The number of aliphatic imine (C=N–C) groups is 1. The van der Waals surface area contributed by atoms with Crippen molar-refractivity contribution in [1.82, 2.24) is 10.6 Å². The first-order valence-corrected chi connectivity index (χ1v) is 7.82. The van der Waals surface area contributed by atoms with Crippen LogP contribution in [0.5, 0.6) is 0 Å². The topological polar surface area (TPSA) is 36.4 Å². The molecule has 2 atom stereocenters. The van der Waals surface area contributed by atoms with Gasteiger partial charge in [0, 0.05) is 25.0 Å². The van der Waals surface area contributed by atoms with E-state index in [1.807, 2.05) is 7.05 Å². The Morgan fingerprint density at radius 2 is 1.86 bits per heavy atom. The Bertz CT molecular complexity index is 688. The summed E-state index contributed by atoms with van der Waals surface area (Å²) in [6.07, 6.45) is 3.75. The SMILES string of the molecule is CN=C(NC1CC1)N[C@@H]1C[C@H]1c1ccc2ccccc2c1. The molecule has 2 aromatic carbocycles. The van der Waals surface area contributed by atoms with E-state index in [1.54, 1.807) is 0 Å². The lowest BCUT2D eigenvalue weighted by atomic mass is 10.0. The summed E-state index contributed by atoms with van der Waals surface area (Å²) in [7, 11) is 1.85. The Balaban J connectivity index is 1.45. The third-order valence-electron chi connectivity index (χ3n) is 4.46. The van der Waals surface area contributed by atoms with Crippen molar-refractivity contribution in [2.75, 3.05) is 7.05 Å². The summed E-state index contributed by atoms with van der Waals surface area (Å²) in [4.78, 5) is 4.32. The molecule has 0 saturated heterocycles. The molecule has 2 aliphatic carbocycles. The minimum atomic E-state index is 0.524. The Hall–Kier alpha value is -2.03. The normalized spacial score (nSPS) is 24.9. The summed E-state index contributed by atoms with van der Waals surface area (Å²) >= 11 is 0. The maximum atomic E-state index is 4.32.